The lowest BCUT2D eigenvalue weighted by Crippen LogP contribution is -2.21. The van der Waals surface area contributed by atoms with Crippen LogP contribution in [0.4, 0.5) is 0 Å². The number of benzene rings is 1. The third-order valence-electron chi connectivity index (χ3n) is 3.72. The van der Waals surface area contributed by atoms with Crippen molar-refractivity contribution >= 4 is 5.78 Å². The van der Waals surface area contributed by atoms with E-state index in [4.69, 9.17) is 0 Å². The van der Waals surface area contributed by atoms with Crippen LogP contribution in [0.15, 0.2) is 24.3 Å². The predicted molar refractivity (Wildman–Crippen MR) is 89.4 cm³/mol. The van der Waals surface area contributed by atoms with Crippen LogP contribution in [0.1, 0.15) is 83.1 Å². The van der Waals surface area contributed by atoms with Gasteiger partial charge in [0.1, 0.15) is 0 Å². The summed E-state index contributed by atoms with van der Waals surface area (Å²) >= 11 is 0. The van der Waals surface area contributed by atoms with Crippen LogP contribution in [-0.4, -0.2) is 5.78 Å². The van der Waals surface area contributed by atoms with Crippen molar-refractivity contribution in [1.29, 1.82) is 0 Å². The first-order valence-electron chi connectivity index (χ1n) is 8.22. The molecule has 1 aliphatic carbocycles. The maximum absolute atomic E-state index is 12.3. The Kier molecular flexibility index (Phi) is 9.20. The van der Waals surface area contributed by atoms with Gasteiger partial charge in [0.25, 0.3) is 0 Å². The van der Waals surface area contributed by atoms with Crippen molar-refractivity contribution in [1.82, 2.24) is 0 Å². The molecule has 1 nitrogen and oxygen atoms in total. The van der Waals surface area contributed by atoms with Crippen LogP contribution in [0.25, 0.3) is 0 Å². The fourth-order valence-electron chi connectivity index (χ4n) is 2.95. The molecule has 2 rings (SSSR count). The molecule has 0 saturated heterocycles. The van der Waals surface area contributed by atoms with Gasteiger partial charge in [-0.05, 0) is 30.2 Å². The average Bonchev–Trinajstić information content (AvgIpc) is 2.49. The van der Waals surface area contributed by atoms with E-state index in [0.29, 0.717) is 17.6 Å². The number of ketones is 1. The number of carbonyl (C=O) groups is 1. The summed E-state index contributed by atoms with van der Waals surface area (Å²) in [4.78, 5) is 12.3. The number of carbonyl (C=O) groups excluding carboxylic acids is 1. The molecule has 3 atom stereocenters. The maximum Gasteiger partial charge on any atom is 0.165 e. The second-order valence-corrected chi connectivity index (χ2v) is 5.33. The Morgan fingerprint density at radius 1 is 0.850 bits per heavy atom. The Morgan fingerprint density at radius 3 is 1.95 bits per heavy atom. The van der Waals surface area contributed by atoms with Crippen LogP contribution in [0, 0.1) is 11.8 Å². The zero-order valence-electron chi connectivity index (χ0n) is 14.4. The normalized spacial score (nSPS) is 24.9. The number of hydrogen-bond donors (Lipinski definition) is 0. The van der Waals surface area contributed by atoms with Gasteiger partial charge in [-0.3, -0.25) is 4.79 Å². The highest BCUT2D eigenvalue weighted by Crippen LogP contribution is 2.33. The van der Waals surface area contributed by atoms with Gasteiger partial charge >= 0.3 is 0 Å². The summed E-state index contributed by atoms with van der Waals surface area (Å²) in [5.41, 5.74) is 2.19. The van der Waals surface area contributed by atoms with Crippen LogP contribution in [0.5, 0.6) is 0 Å². The van der Waals surface area contributed by atoms with E-state index in [0.717, 1.165) is 12.0 Å². The van der Waals surface area contributed by atoms with Gasteiger partial charge in [-0.1, -0.05) is 72.7 Å². The fourth-order valence-corrected chi connectivity index (χ4v) is 2.95. The van der Waals surface area contributed by atoms with E-state index < -0.39 is 0 Å². The topological polar surface area (TPSA) is 17.1 Å². The molecule has 20 heavy (non-hydrogen) atoms. The highest BCUT2D eigenvalue weighted by atomic mass is 16.1. The lowest BCUT2D eigenvalue weighted by atomic mass is 9.78. The van der Waals surface area contributed by atoms with Crippen molar-refractivity contribution < 1.29 is 4.79 Å². The molecule has 1 heteroatoms. The monoisotopic (exact) mass is 276 g/mol. The number of rotatable bonds is 0. The molecule has 0 aromatic heterocycles. The lowest BCUT2D eigenvalue weighted by Gasteiger charge is -2.26. The average molecular weight is 276 g/mol. The summed E-state index contributed by atoms with van der Waals surface area (Å²) < 4.78 is 0. The van der Waals surface area contributed by atoms with Gasteiger partial charge in [0.05, 0.1) is 0 Å². The summed E-state index contributed by atoms with van der Waals surface area (Å²) in [5, 5.41) is 0. The molecule has 0 amide bonds. The maximum atomic E-state index is 12.3. The molecule has 0 spiro atoms. The van der Waals surface area contributed by atoms with Crippen molar-refractivity contribution in [3.05, 3.63) is 35.4 Å². The zero-order valence-corrected chi connectivity index (χ0v) is 14.4. The van der Waals surface area contributed by atoms with E-state index in [-0.39, 0.29) is 5.92 Å². The van der Waals surface area contributed by atoms with Gasteiger partial charge in [-0.15, -0.1) is 0 Å². The van der Waals surface area contributed by atoms with Gasteiger partial charge in [0.15, 0.2) is 5.78 Å². The summed E-state index contributed by atoms with van der Waals surface area (Å²) in [7, 11) is 0. The van der Waals surface area contributed by atoms with E-state index >= 15 is 0 Å². The van der Waals surface area contributed by atoms with Crippen molar-refractivity contribution in [2.75, 3.05) is 0 Å². The molecule has 1 aromatic carbocycles. The third kappa shape index (κ3) is 4.77. The van der Waals surface area contributed by atoms with E-state index in [1.165, 1.54) is 12.0 Å². The Balaban J connectivity index is 0.000000829. The smallest absolute Gasteiger partial charge is 0.165 e. The minimum atomic E-state index is 0.170. The fraction of sp³-hybridized carbons (Fsp3) is 0.632. The van der Waals surface area contributed by atoms with E-state index in [1.807, 2.05) is 45.9 Å². The first-order chi connectivity index (χ1) is 9.59. The van der Waals surface area contributed by atoms with Crippen molar-refractivity contribution in [3.63, 3.8) is 0 Å². The molecule has 1 aliphatic rings. The summed E-state index contributed by atoms with van der Waals surface area (Å²) in [5.74, 6) is 1.64. The van der Waals surface area contributed by atoms with Gasteiger partial charge < -0.3 is 0 Å². The quantitative estimate of drug-likeness (QED) is 0.560. The minimum Gasteiger partial charge on any atom is -0.294 e. The molecule has 114 valence electrons. The number of Topliss-reactive ketones (excluding diaryl/α,β-unsaturated/α-hetero) is 1. The van der Waals surface area contributed by atoms with Crippen LogP contribution < -0.4 is 0 Å². The largest absolute Gasteiger partial charge is 0.294 e. The highest BCUT2D eigenvalue weighted by molar-refractivity contribution is 5.99. The van der Waals surface area contributed by atoms with Gasteiger partial charge in [0.2, 0.25) is 0 Å². The van der Waals surface area contributed by atoms with Gasteiger partial charge in [0, 0.05) is 11.5 Å². The number of fused-ring (bicyclic) bond motifs is 1. The minimum absolute atomic E-state index is 0.170. The molecule has 1 aromatic rings. The van der Waals surface area contributed by atoms with Crippen LogP contribution in [0.2, 0.25) is 0 Å². The molecule has 0 heterocycles. The summed E-state index contributed by atoms with van der Waals surface area (Å²) in [6, 6.07) is 8.12. The lowest BCUT2D eigenvalue weighted by molar-refractivity contribution is 0.0904. The van der Waals surface area contributed by atoms with E-state index in [1.54, 1.807) is 0 Å². The van der Waals surface area contributed by atoms with Crippen molar-refractivity contribution in [2.45, 2.75) is 67.2 Å². The molecule has 0 aliphatic heterocycles. The van der Waals surface area contributed by atoms with Crippen LogP contribution in [0.3, 0.4) is 0 Å². The van der Waals surface area contributed by atoms with Crippen LogP contribution >= 0.6 is 0 Å². The highest BCUT2D eigenvalue weighted by Gasteiger charge is 2.26. The molecule has 0 fully saturated rings. The molecular weight excluding hydrogens is 244 g/mol. The van der Waals surface area contributed by atoms with Crippen molar-refractivity contribution in [2.24, 2.45) is 11.8 Å². The summed E-state index contributed by atoms with van der Waals surface area (Å²) in [6.45, 7) is 14.6. The molecule has 3 unspecified atom stereocenters. The summed E-state index contributed by atoms with van der Waals surface area (Å²) in [6.07, 6.45) is 2.21. The standard InChI is InChI=1S/C15H20O.2C2H6/c1-10-8-11(2)13-6-4-5-7-14(13)15(16)12(3)9-10;2*1-2/h4-7,10-12H,8-9H2,1-3H3;2*1-2H3. The van der Waals surface area contributed by atoms with Gasteiger partial charge in [-0.25, -0.2) is 0 Å². The van der Waals surface area contributed by atoms with Gasteiger partial charge in [-0.2, -0.15) is 0 Å². The Hall–Kier alpha value is -1.11. The van der Waals surface area contributed by atoms with E-state index in [9.17, 15) is 4.79 Å². The Bertz CT molecular complexity index is 395. The Morgan fingerprint density at radius 2 is 1.35 bits per heavy atom. The third-order valence-corrected chi connectivity index (χ3v) is 3.72. The molecule has 0 radical (unpaired) electrons. The second kappa shape index (κ2) is 9.74. The number of hydrogen-bond acceptors (Lipinski definition) is 1. The first-order valence-corrected chi connectivity index (χ1v) is 8.22. The molecular formula is C19H32O. The second-order valence-electron chi connectivity index (χ2n) is 5.33. The van der Waals surface area contributed by atoms with Crippen molar-refractivity contribution in [3.8, 4) is 0 Å². The predicted octanol–water partition coefficient (Wildman–Crippen LogP) is 6.09. The zero-order chi connectivity index (χ0) is 15.7. The Labute approximate surface area is 125 Å². The van der Waals surface area contributed by atoms with Crippen LogP contribution in [-0.2, 0) is 0 Å². The first kappa shape index (κ1) is 18.9. The molecule has 0 N–H and O–H groups in total. The SMILES string of the molecule is CC.CC.CC1CC(C)C(=O)c2ccccc2C(C)C1. The van der Waals surface area contributed by atoms with E-state index in [2.05, 4.69) is 26.8 Å². The molecule has 0 saturated carbocycles. The molecule has 0 bridgehead atoms.